The third-order valence-corrected chi connectivity index (χ3v) is 5.92. The molecule has 1 saturated heterocycles. The van der Waals surface area contributed by atoms with Crippen LogP contribution < -0.4 is 10.6 Å². The minimum absolute atomic E-state index is 0.00662. The number of carbonyl (C=O) groups is 2. The lowest BCUT2D eigenvalue weighted by Gasteiger charge is -2.24. The molecule has 0 saturated carbocycles. The van der Waals surface area contributed by atoms with Crippen molar-refractivity contribution in [2.75, 3.05) is 31.6 Å². The van der Waals surface area contributed by atoms with Crippen molar-refractivity contribution < 1.29 is 31.9 Å². The van der Waals surface area contributed by atoms with Gasteiger partial charge in [-0.15, -0.1) is 0 Å². The summed E-state index contributed by atoms with van der Waals surface area (Å²) in [5, 5.41) is 4.67. The Labute approximate surface area is 192 Å². The van der Waals surface area contributed by atoms with Crippen molar-refractivity contribution in [3.8, 4) is 0 Å². The van der Waals surface area contributed by atoms with Crippen LogP contribution >= 0.6 is 11.3 Å². The van der Waals surface area contributed by atoms with Gasteiger partial charge >= 0.3 is 6.18 Å². The van der Waals surface area contributed by atoms with Crippen molar-refractivity contribution >= 4 is 28.3 Å². The highest BCUT2D eigenvalue weighted by atomic mass is 32.1. The Morgan fingerprint density at radius 3 is 2.52 bits per heavy atom. The van der Waals surface area contributed by atoms with Crippen LogP contribution in [0.25, 0.3) is 0 Å². The number of hydrogen-bond donors (Lipinski definition) is 2. The van der Waals surface area contributed by atoms with E-state index in [9.17, 15) is 27.2 Å². The highest BCUT2D eigenvalue weighted by molar-refractivity contribution is 7.15. The summed E-state index contributed by atoms with van der Waals surface area (Å²) >= 11 is 0.748. The molecule has 2 amide bonds. The van der Waals surface area contributed by atoms with Gasteiger partial charge in [-0.3, -0.25) is 19.8 Å². The average Bonchev–Trinajstić information content (AvgIpc) is 2.95. The summed E-state index contributed by atoms with van der Waals surface area (Å²) in [5.74, 6) is -1.89. The van der Waals surface area contributed by atoms with Crippen LogP contribution in [0.4, 0.5) is 22.7 Å². The first-order chi connectivity index (χ1) is 15.5. The largest absolute Gasteiger partial charge is 0.434 e. The maximum absolute atomic E-state index is 13.6. The Morgan fingerprint density at radius 1 is 1.15 bits per heavy atom. The average molecular weight is 489 g/mol. The van der Waals surface area contributed by atoms with E-state index < -0.39 is 35.0 Å². The molecule has 1 aliphatic heterocycles. The minimum atomic E-state index is -4.68. The lowest BCUT2D eigenvalue weighted by atomic mass is 10.0. The van der Waals surface area contributed by atoms with E-state index in [1.807, 2.05) is 4.90 Å². The molecule has 2 heterocycles. The molecule has 33 heavy (non-hydrogen) atoms. The van der Waals surface area contributed by atoms with Crippen molar-refractivity contribution in [2.24, 2.45) is 0 Å². The highest BCUT2D eigenvalue weighted by Crippen LogP contribution is 2.37. The number of nitrogens with zero attached hydrogens (tertiary/aromatic N) is 2. The number of nitrogens with one attached hydrogen (secondary N) is 2. The summed E-state index contributed by atoms with van der Waals surface area (Å²) in [6, 6.07) is 4.73. The number of ether oxygens (including phenoxy) is 1. The fourth-order valence-corrected chi connectivity index (χ4v) is 4.18. The predicted octanol–water partition coefficient (Wildman–Crippen LogP) is 3.67. The smallest absolute Gasteiger partial charge is 0.380 e. The second kappa shape index (κ2) is 10.1. The summed E-state index contributed by atoms with van der Waals surface area (Å²) in [6.45, 7) is 4.94. The van der Waals surface area contributed by atoms with Gasteiger partial charge in [-0.1, -0.05) is 11.3 Å². The quantitative estimate of drug-likeness (QED) is 0.607. The summed E-state index contributed by atoms with van der Waals surface area (Å²) in [4.78, 5) is 30.6. The van der Waals surface area contributed by atoms with Crippen LogP contribution in [0.3, 0.4) is 0 Å². The molecule has 0 unspecified atom stereocenters. The van der Waals surface area contributed by atoms with Crippen LogP contribution in [0.5, 0.6) is 0 Å². The summed E-state index contributed by atoms with van der Waals surface area (Å²) in [5.41, 5.74) is -2.38. The van der Waals surface area contributed by atoms with Crippen LogP contribution in [-0.4, -0.2) is 53.5 Å². The highest BCUT2D eigenvalue weighted by Gasteiger charge is 2.39. The minimum Gasteiger partial charge on any atom is -0.380 e. The zero-order chi connectivity index (χ0) is 24.2. The van der Waals surface area contributed by atoms with Crippen molar-refractivity contribution in [1.82, 2.24) is 15.2 Å². The Morgan fingerprint density at radius 2 is 1.85 bits per heavy atom. The van der Waals surface area contributed by atoms with E-state index in [0.717, 1.165) is 23.5 Å². The molecule has 3 rings (SSSR count). The zero-order valence-electron chi connectivity index (χ0n) is 18.1. The molecule has 2 N–H and O–H groups in total. The number of anilines is 1. The van der Waals surface area contributed by atoms with Crippen LogP contribution in [0.15, 0.2) is 24.3 Å². The van der Waals surface area contributed by atoms with Crippen LogP contribution in [-0.2, 0) is 22.3 Å². The molecule has 1 aliphatic rings. The molecule has 0 spiro atoms. The third-order valence-electron chi connectivity index (χ3n) is 4.97. The van der Waals surface area contributed by atoms with Gasteiger partial charge in [0.25, 0.3) is 11.8 Å². The molecule has 0 atom stereocenters. The van der Waals surface area contributed by atoms with E-state index in [1.165, 1.54) is 26.0 Å². The standard InChI is InChI=1S/C21H24F4N4O3S/c1-20(2,28-17(30)13-4-6-14(22)7-5-13)18(31)27-19-26-16(21(23,24)25)15(33-19)12-29-8-3-10-32-11-9-29/h4-7H,3,8-12H2,1-2H3,(H,28,30)(H,26,27,31). The molecule has 0 bridgehead atoms. The Balaban J connectivity index is 1.72. The summed E-state index contributed by atoms with van der Waals surface area (Å²) in [7, 11) is 0. The topological polar surface area (TPSA) is 83.6 Å². The maximum Gasteiger partial charge on any atom is 0.434 e. The monoisotopic (exact) mass is 488 g/mol. The van der Waals surface area contributed by atoms with Gasteiger partial charge in [-0.2, -0.15) is 13.2 Å². The number of halogens is 4. The van der Waals surface area contributed by atoms with Crippen molar-refractivity contribution in [1.29, 1.82) is 0 Å². The van der Waals surface area contributed by atoms with Crippen molar-refractivity contribution in [3.63, 3.8) is 0 Å². The van der Waals surface area contributed by atoms with Gasteiger partial charge in [-0.25, -0.2) is 9.37 Å². The molecule has 0 aliphatic carbocycles. The number of rotatable bonds is 6. The number of hydrogen-bond acceptors (Lipinski definition) is 6. The Kier molecular flexibility index (Phi) is 7.70. The fourth-order valence-electron chi connectivity index (χ4n) is 3.16. The van der Waals surface area contributed by atoms with E-state index in [4.69, 9.17) is 4.74 Å². The van der Waals surface area contributed by atoms with Crippen molar-refractivity contribution in [3.05, 3.63) is 46.2 Å². The molecular formula is C21H24F4N4O3S. The normalized spacial score (nSPS) is 15.7. The van der Waals surface area contributed by atoms with E-state index in [0.29, 0.717) is 32.7 Å². The molecule has 7 nitrogen and oxygen atoms in total. The molecular weight excluding hydrogens is 464 g/mol. The number of amides is 2. The summed E-state index contributed by atoms with van der Waals surface area (Å²) < 4.78 is 59.1. The van der Waals surface area contributed by atoms with E-state index in [1.54, 1.807) is 0 Å². The number of alkyl halides is 3. The summed E-state index contributed by atoms with van der Waals surface area (Å²) in [6.07, 6.45) is -3.96. The van der Waals surface area contributed by atoms with Gasteiger partial charge in [0.15, 0.2) is 10.8 Å². The van der Waals surface area contributed by atoms with Crippen molar-refractivity contribution in [2.45, 2.75) is 38.5 Å². The first-order valence-electron chi connectivity index (χ1n) is 10.2. The first-order valence-corrected chi connectivity index (χ1v) is 11.0. The Bertz CT molecular complexity index is 984. The zero-order valence-corrected chi connectivity index (χ0v) is 18.9. The molecule has 1 aromatic heterocycles. The maximum atomic E-state index is 13.6. The van der Waals surface area contributed by atoms with Gasteiger partial charge in [0.2, 0.25) is 0 Å². The van der Waals surface area contributed by atoms with Gasteiger partial charge in [-0.05, 0) is 44.5 Å². The molecule has 1 aromatic carbocycles. The van der Waals surface area contributed by atoms with Gasteiger partial charge < -0.3 is 10.1 Å². The number of aromatic nitrogens is 1. The predicted molar refractivity (Wildman–Crippen MR) is 114 cm³/mol. The molecule has 180 valence electrons. The lowest BCUT2D eigenvalue weighted by molar-refractivity contribution is -0.141. The van der Waals surface area contributed by atoms with E-state index >= 15 is 0 Å². The lowest BCUT2D eigenvalue weighted by Crippen LogP contribution is -2.52. The van der Waals surface area contributed by atoms with Crippen LogP contribution in [0.1, 0.15) is 41.2 Å². The third kappa shape index (κ3) is 6.71. The van der Waals surface area contributed by atoms with Gasteiger partial charge in [0.1, 0.15) is 11.4 Å². The number of benzene rings is 1. The first kappa shape index (κ1) is 25.1. The van der Waals surface area contributed by atoms with Crippen LogP contribution in [0, 0.1) is 5.82 Å². The van der Waals surface area contributed by atoms with Gasteiger partial charge in [0.05, 0.1) is 11.5 Å². The van der Waals surface area contributed by atoms with Gasteiger partial charge in [0, 0.05) is 31.8 Å². The number of carbonyl (C=O) groups excluding carboxylic acids is 2. The van der Waals surface area contributed by atoms with E-state index in [-0.39, 0.29) is 22.1 Å². The second-order valence-electron chi connectivity index (χ2n) is 8.07. The van der Waals surface area contributed by atoms with Crippen LogP contribution in [0.2, 0.25) is 0 Å². The molecule has 12 heteroatoms. The second-order valence-corrected chi connectivity index (χ2v) is 9.15. The SMILES string of the molecule is CC(C)(NC(=O)c1ccc(F)cc1)C(=O)Nc1nc(C(F)(F)F)c(CN2CCCOCC2)s1. The van der Waals surface area contributed by atoms with E-state index in [2.05, 4.69) is 15.6 Å². The Hall–Kier alpha value is -2.57. The fraction of sp³-hybridized carbons (Fsp3) is 0.476. The molecule has 0 radical (unpaired) electrons. The number of thiazole rings is 1. The molecule has 2 aromatic rings. The molecule has 1 fully saturated rings.